The SMILES string of the molecule is CC1CN(C(=O)Nc2nnnn2C)CC/C1=C\c1cccc(C(C)(F)F)c1. The highest BCUT2D eigenvalue weighted by Gasteiger charge is 2.26. The van der Waals surface area contributed by atoms with Crippen LogP contribution in [0.3, 0.4) is 0 Å². The van der Waals surface area contributed by atoms with Gasteiger partial charge in [-0.25, -0.2) is 18.3 Å². The highest BCUT2D eigenvalue weighted by atomic mass is 19.3. The summed E-state index contributed by atoms with van der Waals surface area (Å²) in [4.78, 5) is 14.1. The van der Waals surface area contributed by atoms with E-state index in [0.29, 0.717) is 19.5 Å². The number of nitrogens with one attached hydrogen (secondary N) is 1. The molecule has 2 amide bonds. The number of rotatable bonds is 3. The minimum Gasteiger partial charge on any atom is -0.324 e. The standard InChI is InChI=1S/C18H22F2N6O/c1-12-11-26(17(27)21-16-22-23-24-25(16)3)8-7-14(12)9-13-5-4-6-15(10-13)18(2,19)20/h4-6,9-10,12H,7-8,11H2,1-3H3,(H,21,22,24,27)/b14-9+. The summed E-state index contributed by atoms with van der Waals surface area (Å²) in [6.07, 6.45) is 2.63. The Morgan fingerprint density at radius 3 is 2.81 bits per heavy atom. The van der Waals surface area contributed by atoms with Crippen LogP contribution in [0, 0.1) is 5.92 Å². The van der Waals surface area contributed by atoms with Crippen LogP contribution in [-0.4, -0.2) is 44.2 Å². The lowest BCUT2D eigenvalue weighted by Gasteiger charge is -2.33. The highest BCUT2D eigenvalue weighted by Crippen LogP contribution is 2.29. The molecule has 1 atom stereocenters. The molecule has 144 valence electrons. The van der Waals surface area contributed by atoms with Crippen LogP contribution in [0.25, 0.3) is 6.08 Å². The van der Waals surface area contributed by atoms with Gasteiger partial charge in [-0.2, -0.15) is 0 Å². The molecule has 0 aliphatic carbocycles. The Balaban J connectivity index is 1.67. The summed E-state index contributed by atoms with van der Waals surface area (Å²) < 4.78 is 28.4. The fraction of sp³-hybridized carbons (Fsp3) is 0.444. The number of benzene rings is 1. The second-order valence-corrected chi connectivity index (χ2v) is 6.89. The Morgan fingerprint density at radius 2 is 2.19 bits per heavy atom. The van der Waals surface area contributed by atoms with E-state index < -0.39 is 5.92 Å². The van der Waals surface area contributed by atoms with Gasteiger partial charge in [-0.05, 0) is 34.4 Å². The van der Waals surface area contributed by atoms with E-state index in [1.807, 2.05) is 19.1 Å². The van der Waals surface area contributed by atoms with Gasteiger partial charge in [0.2, 0.25) is 0 Å². The minimum absolute atomic E-state index is 0.00129. The number of carbonyl (C=O) groups excluding carboxylic acids is 1. The topological polar surface area (TPSA) is 75.9 Å². The van der Waals surface area contributed by atoms with Gasteiger partial charge in [-0.15, -0.1) is 0 Å². The van der Waals surface area contributed by atoms with Crippen molar-refractivity contribution >= 4 is 18.1 Å². The van der Waals surface area contributed by atoms with Crippen molar-refractivity contribution in [2.45, 2.75) is 26.2 Å². The molecule has 2 aromatic rings. The zero-order valence-corrected chi connectivity index (χ0v) is 15.5. The molecule has 2 heterocycles. The quantitative estimate of drug-likeness (QED) is 0.892. The number of carbonyl (C=O) groups is 1. The van der Waals surface area contributed by atoms with Gasteiger partial charge < -0.3 is 4.90 Å². The lowest BCUT2D eigenvalue weighted by molar-refractivity contribution is 0.0174. The van der Waals surface area contributed by atoms with Crippen molar-refractivity contribution in [1.82, 2.24) is 25.1 Å². The van der Waals surface area contributed by atoms with Crippen molar-refractivity contribution in [1.29, 1.82) is 0 Å². The lowest BCUT2D eigenvalue weighted by Crippen LogP contribution is -2.42. The van der Waals surface area contributed by atoms with Gasteiger partial charge in [0.25, 0.3) is 11.9 Å². The third-order valence-corrected chi connectivity index (χ3v) is 4.67. The molecule has 1 aromatic heterocycles. The van der Waals surface area contributed by atoms with Crippen LogP contribution in [-0.2, 0) is 13.0 Å². The summed E-state index contributed by atoms with van der Waals surface area (Å²) in [6, 6.07) is 6.14. The number of anilines is 1. The van der Waals surface area contributed by atoms with Crippen molar-refractivity contribution in [3.8, 4) is 0 Å². The Bertz CT molecular complexity index is 858. The molecule has 1 saturated heterocycles. The fourth-order valence-electron chi connectivity index (χ4n) is 3.07. The number of tetrazole rings is 1. The van der Waals surface area contributed by atoms with E-state index in [4.69, 9.17) is 0 Å². The van der Waals surface area contributed by atoms with E-state index in [9.17, 15) is 13.6 Å². The normalized spacial score (nSPS) is 19.4. The maximum absolute atomic E-state index is 13.5. The summed E-state index contributed by atoms with van der Waals surface area (Å²) >= 11 is 0. The number of aryl methyl sites for hydroxylation is 1. The average Bonchev–Trinajstić information content (AvgIpc) is 3.01. The van der Waals surface area contributed by atoms with Crippen molar-refractivity contribution in [3.05, 3.63) is 41.0 Å². The Hall–Kier alpha value is -2.84. The van der Waals surface area contributed by atoms with Gasteiger partial charge in [-0.3, -0.25) is 5.32 Å². The maximum Gasteiger partial charge on any atom is 0.324 e. The monoisotopic (exact) mass is 376 g/mol. The lowest BCUT2D eigenvalue weighted by atomic mass is 9.91. The van der Waals surface area contributed by atoms with Gasteiger partial charge in [0.15, 0.2) is 0 Å². The molecule has 1 aliphatic heterocycles. The minimum atomic E-state index is -2.86. The molecular weight excluding hydrogens is 354 g/mol. The number of nitrogens with zero attached hydrogens (tertiary/aromatic N) is 5. The number of alkyl halides is 2. The molecule has 1 fully saturated rings. The molecule has 1 aromatic carbocycles. The van der Waals surface area contributed by atoms with Crippen molar-refractivity contribution in [2.75, 3.05) is 18.4 Å². The van der Waals surface area contributed by atoms with E-state index >= 15 is 0 Å². The maximum atomic E-state index is 13.5. The van der Waals surface area contributed by atoms with E-state index in [-0.39, 0.29) is 23.5 Å². The Kier molecular flexibility index (Phi) is 5.20. The van der Waals surface area contributed by atoms with Crippen LogP contribution in [0.5, 0.6) is 0 Å². The molecular formula is C18H22F2N6O. The Labute approximate surface area is 156 Å². The molecule has 0 spiro atoms. The number of amides is 2. The van der Waals surface area contributed by atoms with Gasteiger partial charge >= 0.3 is 6.03 Å². The van der Waals surface area contributed by atoms with Gasteiger partial charge in [0.05, 0.1) is 0 Å². The third-order valence-electron chi connectivity index (χ3n) is 4.67. The van der Waals surface area contributed by atoms with Crippen LogP contribution in [0.4, 0.5) is 19.5 Å². The first-order chi connectivity index (χ1) is 12.7. The van der Waals surface area contributed by atoms with E-state index in [1.165, 1.54) is 16.8 Å². The van der Waals surface area contributed by atoms with Gasteiger partial charge in [0, 0.05) is 32.6 Å². The first-order valence-electron chi connectivity index (χ1n) is 8.71. The Morgan fingerprint density at radius 1 is 1.41 bits per heavy atom. The van der Waals surface area contributed by atoms with Crippen LogP contribution in [0.2, 0.25) is 0 Å². The zero-order valence-electron chi connectivity index (χ0n) is 15.5. The number of aromatic nitrogens is 4. The van der Waals surface area contributed by atoms with Gasteiger partial charge in [-0.1, -0.05) is 41.9 Å². The first kappa shape index (κ1) is 18.9. The highest BCUT2D eigenvalue weighted by molar-refractivity contribution is 5.87. The number of urea groups is 1. The summed E-state index contributed by atoms with van der Waals surface area (Å²) in [5.74, 6) is -2.46. The second-order valence-electron chi connectivity index (χ2n) is 6.89. The average molecular weight is 376 g/mol. The molecule has 9 heteroatoms. The predicted molar refractivity (Wildman–Crippen MR) is 97.2 cm³/mol. The van der Waals surface area contributed by atoms with Crippen LogP contribution in [0.1, 0.15) is 31.4 Å². The van der Waals surface area contributed by atoms with Crippen molar-refractivity contribution in [2.24, 2.45) is 13.0 Å². The van der Waals surface area contributed by atoms with E-state index in [1.54, 1.807) is 18.0 Å². The number of halogens is 2. The largest absolute Gasteiger partial charge is 0.324 e. The predicted octanol–water partition coefficient (Wildman–Crippen LogP) is 3.28. The molecule has 3 rings (SSSR count). The number of piperidine rings is 1. The number of hydrogen-bond acceptors (Lipinski definition) is 4. The summed E-state index contributed by atoms with van der Waals surface area (Å²) in [5.41, 5.74) is 1.88. The van der Waals surface area contributed by atoms with Crippen LogP contribution < -0.4 is 5.32 Å². The summed E-state index contributed by atoms with van der Waals surface area (Å²) in [5, 5.41) is 13.6. The molecule has 7 nitrogen and oxygen atoms in total. The molecule has 1 unspecified atom stereocenters. The molecule has 1 aliphatic rings. The van der Waals surface area contributed by atoms with Crippen molar-refractivity contribution < 1.29 is 13.6 Å². The van der Waals surface area contributed by atoms with E-state index in [2.05, 4.69) is 20.8 Å². The summed E-state index contributed by atoms with van der Waals surface area (Å²) in [6.45, 7) is 3.99. The smallest absolute Gasteiger partial charge is 0.324 e. The molecule has 27 heavy (non-hydrogen) atoms. The molecule has 0 bridgehead atoms. The summed E-state index contributed by atoms with van der Waals surface area (Å²) in [7, 11) is 1.64. The van der Waals surface area contributed by atoms with Gasteiger partial charge in [0.1, 0.15) is 0 Å². The van der Waals surface area contributed by atoms with Crippen LogP contribution >= 0.6 is 0 Å². The number of likely N-dealkylation sites (tertiary alicyclic amines) is 1. The third kappa shape index (κ3) is 4.47. The number of hydrogen-bond donors (Lipinski definition) is 1. The fourth-order valence-corrected chi connectivity index (χ4v) is 3.07. The second kappa shape index (κ2) is 7.42. The van der Waals surface area contributed by atoms with Crippen LogP contribution in [0.15, 0.2) is 29.8 Å². The molecule has 0 radical (unpaired) electrons. The molecule has 0 saturated carbocycles. The molecule has 1 N–H and O–H groups in total. The zero-order chi connectivity index (χ0) is 19.6. The van der Waals surface area contributed by atoms with Crippen molar-refractivity contribution in [3.63, 3.8) is 0 Å². The van der Waals surface area contributed by atoms with E-state index in [0.717, 1.165) is 18.1 Å². The first-order valence-corrected chi connectivity index (χ1v) is 8.71.